The van der Waals surface area contributed by atoms with E-state index in [2.05, 4.69) is 19.2 Å². The summed E-state index contributed by atoms with van der Waals surface area (Å²) in [5, 5.41) is 109. The maximum atomic E-state index is 13.4. The van der Waals surface area contributed by atoms with Crippen molar-refractivity contribution >= 4 is 5.91 Å². The molecule has 2 rings (SSSR count). The summed E-state index contributed by atoms with van der Waals surface area (Å²) in [7, 11) is 0. The number of amides is 1. The summed E-state index contributed by atoms with van der Waals surface area (Å²) < 4.78 is 22.6. The lowest BCUT2D eigenvalue weighted by Crippen LogP contribution is -2.62. The van der Waals surface area contributed by atoms with Crippen LogP contribution in [0.1, 0.15) is 226 Å². The van der Waals surface area contributed by atoms with Crippen LogP contribution in [-0.2, 0) is 23.7 Å². The van der Waals surface area contributed by atoms with Gasteiger partial charge >= 0.3 is 0 Å². The van der Waals surface area contributed by atoms with Gasteiger partial charge in [0.1, 0.15) is 61.0 Å². The van der Waals surface area contributed by atoms with Crippen LogP contribution in [0.5, 0.6) is 0 Å². The Hall–Kier alpha value is -1.09. The Bertz CT molecular complexity index is 1210. The summed E-state index contributed by atoms with van der Waals surface area (Å²) in [5.41, 5.74) is 0. The molecule has 0 aromatic rings. The second-order valence-corrected chi connectivity index (χ2v) is 20.4. The van der Waals surface area contributed by atoms with Crippen molar-refractivity contribution in [1.29, 1.82) is 0 Å². The molecule has 14 unspecified atom stereocenters. The number of hydrogen-bond donors (Lipinski definition) is 11. The Morgan fingerprint density at radius 2 is 0.942 bits per heavy atom. The molecule has 69 heavy (non-hydrogen) atoms. The topological polar surface area (TPSA) is 268 Å². The first-order valence-electron chi connectivity index (χ1n) is 28.0. The fourth-order valence-electron chi connectivity index (χ4n) is 9.60. The third kappa shape index (κ3) is 26.6. The van der Waals surface area contributed by atoms with E-state index in [9.17, 15) is 55.9 Å². The Morgan fingerprint density at radius 1 is 0.522 bits per heavy atom. The summed E-state index contributed by atoms with van der Waals surface area (Å²) in [6.07, 6.45) is 16.9. The molecule has 0 radical (unpaired) electrons. The molecule has 2 aliphatic heterocycles. The van der Waals surface area contributed by atoms with Crippen LogP contribution < -0.4 is 5.32 Å². The van der Waals surface area contributed by atoms with Crippen LogP contribution in [0.3, 0.4) is 0 Å². The minimum atomic E-state index is -1.82. The van der Waals surface area contributed by atoms with Crippen molar-refractivity contribution in [3.63, 3.8) is 0 Å². The molecule has 0 spiro atoms. The van der Waals surface area contributed by atoms with Crippen molar-refractivity contribution in [3.8, 4) is 0 Å². The highest BCUT2D eigenvalue weighted by Gasteiger charge is 2.52. The number of aliphatic hydroxyl groups excluding tert-OH is 10. The fourth-order valence-corrected chi connectivity index (χ4v) is 9.60. The molecule has 0 bridgehead atoms. The van der Waals surface area contributed by atoms with E-state index in [-0.39, 0.29) is 12.8 Å². The molecule has 16 nitrogen and oxygen atoms in total. The van der Waals surface area contributed by atoms with Gasteiger partial charge in [-0.1, -0.05) is 213 Å². The standard InChI is InChI=1S/C53H103NO15/c1-3-5-7-9-11-13-15-17-19-20-21-23-25-27-29-31-33-35-41(58)51(65)54-39(44(60)40(57)34-32-30-28-26-24-22-18-16-14-12-10-8-6-4-2)38-66-52-48(64)50(45(61)43(37-56)67-52)69-53-47(63)46(62)49(68-53)42(59)36-55/h39-50,52-53,55-64H,3-38H2,1-2H3,(H,54,65). The molecular formula is C53H103NO15. The van der Waals surface area contributed by atoms with E-state index < -0.39 is 111 Å². The van der Waals surface area contributed by atoms with Gasteiger partial charge < -0.3 is 75.3 Å². The summed E-state index contributed by atoms with van der Waals surface area (Å²) in [6.45, 7) is 2.39. The zero-order valence-corrected chi connectivity index (χ0v) is 43.1. The third-order valence-electron chi connectivity index (χ3n) is 14.2. The summed E-state index contributed by atoms with van der Waals surface area (Å²) in [4.78, 5) is 13.4. The molecule has 2 saturated heterocycles. The average molecular weight is 994 g/mol. The van der Waals surface area contributed by atoms with Crippen LogP contribution in [0.2, 0.25) is 0 Å². The lowest BCUT2D eigenvalue weighted by molar-refractivity contribution is -0.332. The first-order chi connectivity index (χ1) is 33.4. The molecule has 16 heteroatoms. The first kappa shape index (κ1) is 64.0. The third-order valence-corrected chi connectivity index (χ3v) is 14.2. The van der Waals surface area contributed by atoms with Crippen LogP contribution in [0.15, 0.2) is 0 Å². The Labute approximate surface area is 416 Å². The van der Waals surface area contributed by atoms with Gasteiger partial charge in [0, 0.05) is 0 Å². The highest BCUT2D eigenvalue weighted by atomic mass is 16.7. The van der Waals surface area contributed by atoms with Gasteiger partial charge in [0.25, 0.3) is 0 Å². The summed E-state index contributed by atoms with van der Waals surface area (Å²) in [5.74, 6) is -0.761. The number of unbranched alkanes of at least 4 members (excludes halogenated alkanes) is 29. The molecule has 0 aliphatic carbocycles. The quantitative estimate of drug-likeness (QED) is 0.0308. The Kier molecular flexibility index (Phi) is 37.4. The highest BCUT2D eigenvalue weighted by molar-refractivity contribution is 5.80. The van der Waals surface area contributed by atoms with Gasteiger partial charge in [0.15, 0.2) is 12.6 Å². The van der Waals surface area contributed by atoms with Gasteiger partial charge in [-0.05, 0) is 12.8 Å². The molecule has 2 aliphatic rings. The molecule has 14 atom stereocenters. The predicted molar refractivity (Wildman–Crippen MR) is 266 cm³/mol. The van der Waals surface area contributed by atoms with Gasteiger partial charge in [0.2, 0.25) is 5.91 Å². The number of aliphatic hydroxyl groups is 10. The van der Waals surface area contributed by atoms with Gasteiger partial charge in [-0.25, -0.2) is 0 Å². The van der Waals surface area contributed by atoms with Crippen LogP contribution in [0.4, 0.5) is 0 Å². The van der Waals surface area contributed by atoms with Crippen LogP contribution in [0.25, 0.3) is 0 Å². The van der Waals surface area contributed by atoms with Crippen LogP contribution in [0, 0.1) is 0 Å². The minimum Gasteiger partial charge on any atom is -0.394 e. The average Bonchev–Trinajstić information content (AvgIpc) is 3.63. The first-order valence-corrected chi connectivity index (χ1v) is 28.0. The zero-order valence-electron chi connectivity index (χ0n) is 43.1. The molecule has 11 N–H and O–H groups in total. The van der Waals surface area contributed by atoms with E-state index in [1.165, 1.54) is 141 Å². The number of nitrogens with one attached hydrogen (secondary N) is 1. The molecule has 0 saturated carbocycles. The van der Waals surface area contributed by atoms with E-state index in [0.717, 1.165) is 44.9 Å². The molecule has 410 valence electrons. The second-order valence-electron chi connectivity index (χ2n) is 20.4. The second kappa shape index (κ2) is 40.3. The number of hydrogen-bond acceptors (Lipinski definition) is 15. The lowest BCUT2D eigenvalue weighted by atomic mass is 9.98. The van der Waals surface area contributed by atoms with Crippen molar-refractivity contribution in [2.75, 3.05) is 19.8 Å². The van der Waals surface area contributed by atoms with Gasteiger partial charge in [-0.3, -0.25) is 4.79 Å². The van der Waals surface area contributed by atoms with Crippen molar-refractivity contribution < 1.29 is 74.8 Å². The largest absolute Gasteiger partial charge is 0.394 e. The number of rotatable bonds is 45. The Morgan fingerprint density at radius 3 is 1.36 bits per heavy atom. The maximum absolute atomic E-state index is 13.4. The molecular weight excluding hydrogens is 891 g/mol. The van der Waals surface area contributed by atoms with Crippen molar-refractivity contribution in [1.82, 2.24) is 5.32 Å². The van der Waals surface area contributed by atoms with Crippen molar-refractivity contribution in [3.05, 3.63) is 0 Å². The van der Waals surface area contributed by atoms with E-state index in [1.54, 1.807) is 0 Å². The van der Waals surface area contributed by atoms with Gasteiger partial charge in [0.05, 0.1) is 32.0 Å². The molecule has 0 aromatic heterocycles. The molecule has 1 amide bonds. The molecule has 2 heterocycles. The van der Waals surface area contributed by atoms with E-state index in [1.807, 2.05) is 0 Å². The highest BCUT2D eigenvalue weighted by Crippen LogP contribution is 2.31. The summed E-state index contributed by atoms with van der Waals surface area (Å²) >= 11 is 0. The van der Waals surface area contributed by atoms with Gasteiger partial charge in [-0.2, -0.15) is 0 Å². The number of carbonyl (C=O) groups is 1. The monoisotopic (exact) mass is 994 g/mol. The van der Waals surface area contributed by atoms with E-state index in [4.69, 9.17) is 18.9 Å². The van der Waals surface area contributed by atoms with Crippen LogP contribution in [-0.4, -0.2) is 163 Å². The number of ether oxygens (including phenoxy) is 4. The number of carbonyl (C=O) groups excluding carboxylic acids is 1. The SMILES string of the molecule is CCCCCCCCCCCCCCCCCCCC(O)C(=O)NC(COC1OC(CO)C(O)C(OC2OC(C(O)CO)C(O)C2O)C1O)C(O)C(O)CCCCCCCCCCCCCCCC. The van der Waals surface area contributed by atoms with E-state index in [0.29, 0.717) is 12.8 Å². The van der Waals surface area contributed by atoms with Crippen molar-refractivity contribution in [2.45, 2.75) is 312 Å². The zero-order chi connectivity index (χ0) is 50.7. The Balaban J connectivity index is 1.89. The van der Waals surface area contributed by atoms with Gasteiger partial charge in [-0.15, -0.1) is 0 Å². The lowest BCUT2D eigenvalue weighted by Gasteiger charge is -2.43. The smallest absolute Gasteiger partial charge is 0.249 e. The summed E-state index contributed by atoms with van der Waals surface area (Å²) in [6, 6.07) is -1.28. The normalized spacial score (nSPS) is 26.2. The predicted octanol–water partition coefficient (Wildman–Crippen LogP) is 6.11. The molecule has 2 fully saturated rings. The van der Waals surface area contributed by atoms with Crippen LogP contribution >= 0.6 is 0 Å². The molecule has 0 aromatic carbocycles. The fraction of sp³-hybridized carbons (Fsp3) is 0.981. The minimum absolute atomic E-state index is 0.204. The van der Waals surface area contributed by atoms with Crippen molar-refractivity contribution in [2.24, 2.45) is 0 Å². The van der Waals surface area contributed by atoms with E-state index >= 15 is 0 Å². The maximum Gasteiger partial charge on any atom is 0.249 e.